The number of hydrogen-bond acceptors (Lipinski definition) is 6. The van der Waals surface area contributed by atoms with E-state index in [4.69, 9.17) is 0 Å². The van der Waals surface area contributed by atoms with Crippen molar-refractivity contribution in [2.45, 2.75) is 49.7 Å². The Kier molecular flexibility index (Phi) is 6.93. The number of rotatable bonds is 7. The van der Waals surface area contributed by atoms with Gasteiger partial charge in [0.1, 0.15) is 16.9 Å². The number of amides is 1. The van der Waals surface area contributed by atoms with E-state index < -0.39 is 0 Å². The minimum absolute atomic E-state index is 0.141. The van der Waals surface area contributed by atoms with Crippen molar-refractivity contribution in [3.8, 4) is 6.07 Å². The fourth-order valence-corrected chi connectivity index (χ4v) is 6.21. The van der Waals surface area contributed by atoms with Crippen LogP contribution in [0.5, 0.6) is 0 Å². The normalized spacial score (nSPS) is 14.2. The van der Waals surface area contributed by atoms with Crippen molar-refractivity contribution in [3.05, 3.63) is 70.9 Å². The first kappa shape index (κ1) is 22.6. The molecule has 1 aliphatic rings. The molecule has 1 N–H and O–H groups in total. The number of fused-ring (bicyclic) bond motifs is 1. The van der Waals surface area contributed by atoms with Crippen LogP contribution in [0.3, 0.4) is 0 Å². The summed E-state index contributed by atoms with van der Waals surface area (Å²) in [4.78, 5) is 12.6. The molecule has 0 saturated heterocycles. The molecule has 1 saturated carbocycles. The highest BCUT2D eigenvalue weighted by Crippen LogP contribution is 2.34. The molecule has 1 fully saturated rings. The molecule has 0 unspecified atom stereocenters. The Bertz CT molecular complexity index is 1340. The van der Waals surface area contributed by atoms with E-state index in [0.29, 0.717) is 23.0 Å². The average molecular weight is 488 g/mol. The SMILES string of the molecule is N#Cc1ccsc1NC(=O)CSc1nnc(Cc2cccc3ccccc23)n1C1CCCCC1. The lowest BCUT2D eigenvalue weighted by molar-refractivity contribution is -0.113. The second-order valence-corrected chi connectivity index (χ2v) is 10.3. The van der Waals surface area contributed by atoms with Gasteiger partial charge < -0.3 is 9.88 Å². The molecule has 8 heteroatoms. The summed E-state index contributed by atoms with van der Waals surface area (Å²) in [6.45, 7) is 0. The van der Waals surface area contributed by atoms with Crippen molar-refractivity contribution in [2.24, 2.45) is 0 Å². The first-order valence-electron chi connectivity index (χ1n) is 11.5. The number of aromatic nitrogens is 3. The maximum absolute atomic E-state index is 12.6. The Morgan fingerprint density at radius 2 is 1.94 bits per heavy atom. The number of nitrogens with one attached hydrogen (secondary N) is 1. The van der Waals surface area contributed by atoms with Gasteiger partial charge in [-0.25, -0.2) is 0 Å². The zero-order valence-electron chi connectivity index (χ0n) is 18.7. The summed E-state index contributed by atoms with van der Waals surface area (Å²) in [5.74, 6) is 1.04. The molecule has 5 rings (SSSR count). The predicted octanol–water partition coefficient (Wildman–Crippen LogP) is 6.19. The zero-order chi connectivity index (χ0) is 23.3. The Labute approximate surface area is 207 Å². The van der Waals surface area contributed by atoms with Crippen molar-refractivity contribution >= 4 is 44.8 Å². The van der Waals surface area contributed by atoms with Crippen LogP contribution in [0, 0.1) is 11.3 Å². The van der Waals surface area contributed by atoms with E-state index in [9.17, 15) is 10.1 Å². The largest absolute Gasteiger partial charge is 0.316 e. The van der Waals surface area contributed by atoms with Gasteiger partial charge in [0, 0.05) is 12.5 Å². The van der Waals surface area contributed by atoms with Crippen LogP contribution in [0.25, 0.3) is 10.8 Å². The fourth-order valence-electron chi connectivity index (χ4n) is 4.64. The lowest BCUT2D eigenvalue weighted by atomic mass is 9.95. The van der Waals surface area contributed by atoms with Gasteiger partial charge in [0.2, 0.25) is 5.91 Å². The van der Waals surface area contributed by atoms with Gasteiger partial charge in [-0.05, 0) is 40.6 Å². The van der Waals surface area contributed by atoms with E-state index in [2.05, 4.69) is 68.6 Å². The van der Waals surface area contributed by atoms with Crippen molar-refractivity contribution in [3.63, 3.8) is 0 Å². The monoisotopic (exact) mass is 487 g/mol. The quantitative estimate of drug-likeness (QED) is 0.314. The van der Waals surface area contributed by atoms with Crippen LogP contribution in [-0.4, -0.2) is 26.4 Å². The molecular formula is C26H25N5OS2. The van der Waals surface area contributed by atoms with Crippen LogP contribution in [0.4, 0.5) is 5.00 Å². The fraction of sp³-hybridized carbons (Fsp3) is 0.308. The van der Waals surface area contributed by atoms with E-state index in [1.807, 2.05) is 0 Å². The predicted molar refractivity (Wildman–Crippen MR) is 137 cm³/mol. The second-order valence-electron chi connectivity index (χ2n) is 8.49. The van der Waals surface area contributed by atoms with Gasteiger partial charge in [-0.15, -0.1) is 21.5 Å². The molecule has 4 aromatic rings. The van der Waals surface area contributed by atoms with E-state index in [-0.39, 0.29) is 11.7 Å². The van der Waals surface area contributed by atoms with Crippen LogP contribution in [0.1, 0.15) is 55.1 Å². The Morgan fingerprint density at radius 3 is 2.79 bits per heavy atom. The van der Waals surface area contributed by atoms with E-state index >= 15 is 0 Å². The van der Waals surface area contributed by atoms with Gasteiger partial charge in [0.15, 0.2) is 5.16 Å². The van der Waals surface area contributed by atoms with E-state index in [1.165, 1.54) is 58.7 Å². The van der Waals surface area contributed by atoms with Gasteiger partial charge in [-0.3, -0.25) is 4.79 Å². The van der Waals surface area contributed by atoms with Gasteiger partial charge >= 0.3 is 0 Å². The van der Waals surface area contributed by atoms with Crippen LogP contribution in [0.15, 0.2) is 59.1 Å². The molecule has 0 radical (unpaired) electrons. The average Bonchev–Trinajstić information content (AvgIpc) is 3.50. The molecule has 0 bridgehead atoms. The van der Waals surface area contributed by atoms with Crippen molar-refractivity contribution in [1.29, 1.82) is 5.26 Å². The van der Waals surface area contributed by atoms with Crippen molar-refractivity contribution in [2.75, 3.05) is 11.1 Å². The van der Waals surface area contributed by atoms with Crippen LogP contribution >= 0.6 is 23.1 Å². The number of carbonyl (C=O) groups is 1. The van der Waals surface area contributed by atoms with E-state index in [1.54, 1.807) is 11.4 Å². The third-order valence-electron chi connectivity index (χ3n) is 6.27. The highest BCUT2D eigenvalue weighted by molar-refractivity contribution is 7.99. The van der Waals surface area contributed by atoms with Crippen LogP contribution < -0.4 is 5.32 Å². The summed E-state index contributed by atoms with van der Waals surface area (Å²) >= 11 is 2.78. The Hall–Kier alpha value is -3.15. The topological polar surface area (TPSA) is 83.6 Å². The highest BCUT2D eigenvalue weighted by atomic mass is 32.2. The Morgan fingerprint density at radius 1 is 1.12 bits per heavy atom. The molecule has 172 valence electrons. The van der Waals surface area contributed by atoms with Gasteiger partial charge in [-0.2, -0.15) is 5.26 Å². The molecule has 0 aliphatic heterocycles. The van der Waals surface area contributed by atoms with Gasteiger partial charge in [0.25, 0.3) is 0 Å². The molecule has 2 aromatic carbocycles. The number of thioether (sulfide) groups is 1. The first-order valence-corrected chi connectivity index (χ1v) is 13.4. The minimum atomic E-state index is -0.141. The van der Waals surface area contributed by atoms with Crippen molar-refractivity contribution in [1.82, 2.24) is 14.8 Å². The number of anilines is 1. The molecule has 1 aliphatic carbocycles. The number of benzene rings is 2. The van der Waals surface area contributed by atoms with Crippen molar-refractivity contribution < 1.29 is 4.79 Å². The lowest BCUT2D eigenvalue weighted by Gasteiger charge is -2.25. The lowest BCUT2D eigenvalue weighted by Crippen LogP contribution is -2.18. The maximum Gasteiger partial charge on any atom is 0.235 e. The maximum atomic E-state index is 12.6. The number of nitrogens with zero attached hydrogens (tertiary/aromatic N) is 4. The van der Waals surface area contributed by atoms with Gasteiger partial charge in [-0.1, -0.05) is 73.5 Å². The smallest absolute Gasteiger partial charge is 0.235 e. The molecule has 1 amide bonds. The number of thiophene rings is 1. The number of hydrogen-bond donors (Lipinski definition) is 1. The molecule has 2 heterocycles. The number of carbonyl (C=O) groups excluding carboxylic acids is 1. The van der Waals surface area contributed by atoms with Crippen LogP contribution in [-0.2, 0) is 11.2 Å². The summed E-state index contributed by atoms with van der Waals surface area (Å²) in [5, 5.41) is 26.8. The molecule has 34 heavy (non-hydrogen) atoms. The zero-order valence-corrected chi connectivity index (χ0v) is 20.4. The molecule has 6 nitrogen and oxygen atoms in total. The number of nitriles is 1. The molecule has 0 spiro atoms. The van der Waals surface area contributed by atoms with Gasteiger partial charge in [0.05, 0.1) is 11.3 Å². The third-order valence-corrected chi connectivity index (χ3v) is 8.05. The summed E-state index contributed by atoms with van der Waals surface area (Å²) in [7, 11) is 0. The summed E-state index contributed by atoms with van der Waals surface area (Å²) < 4.78 is 2.28. The first-order chi connectivity index (χ1) is 16.7. The molecule has 0 atom stereocenters. The summed E-state index contributed by atoms with van der Waals surface area (Å²) in [6.07, 6.45) is 6.61. The minimum Gasteiger partial charge on any atom is -0.316 e. The molecular weight excluding hydrogens is 462 g/mol. The third kappa shape index (κ3) is 4.86. The van der Waals surface area contributed by atoms with E-state index in [0.717, 1.165) is 23.8 Å². The van der Waals surface area contributed by atoms with Crippen LogP contribution in [0.2, 0.25) is 0 Å². The summed E-state index contributed by atoms with van der Waals surface area (Å²) in [5.41, 5.74) is 1.73. The highest BCUT2D eigenvalue weighted by Gasteiger charge is 2.24. The Balaban J connectivity index is 1.38. The standard InChI is InChI=1S/C26H25N5OS2/c27-16-20-13-14-33-25(20)28-24(32)17-34-26-30-29-23(31(26)21-10-2-1-3-11-21)15-19-9-6-8-18-7-4-5-12-22(18)19/h4-9,12-14,21H,1-3,10-11,15,17H2,(H,28,32). The molecule has 2 aromatic heterocycles. The second kappa shape index (κ2) is 10.4. The summed E-state index contributed by atoms with van der Waals surface area (Å²) in [6, 6.07) is 19.0.